The van der Waals surface area contributed by atoms with Crippen molar-refractivity contribution >= 4 is 71.9 Å². The van der Waals surface area contributed by atoms with E-state index in [0.717, 1.165) is 10.8 Å². The Bertz CT molecular complexity index is 1310. The molecular weight excluding hydrogens is 685 g/mol. The number of hydrogen-bond acceptors (Lipinski definition) is 5. The molecule has 1 atom stereocenters. The van der Waals surface area contributed by atoms with Gasteiger partial charge >= 0.3 is 0 Å². The number of rotatable bonds is 9. The summed E-state index contributed by atoms with van der Waals surface area (Å²) in [5, 5.41) is 10.7. The Kier molecular flexibility index (Phi) is 18.5. The Morgan fingerprint density at radius 2 is 1.52 bits per heavy atom. The van der Waals surface area contributed by atoms with Crippen molar-refractivity contribution in [1.29, 1.82) is 0 Å². The predicted octanol–water partition coefficient (Wildman–Crippen LogP) is 6.29. The zero-order valence-corrected chi connectivity index (χ0v) is 27.4. The van der Waals surface area contributed by atoms with E-state index in [9.17, 15) is 27.6 Å². The molecule has 1 amide bonds. The minimum Gasteiger partial charge on any atom is -0.483 e. The number of fused-ring (bicyclic) bond motifs is 1. The molecule has 7 nitrogen and oxygen atoms in total. The largest absolute Gasteiger partial charge is 0.483 e. The van der Waals surface area contributed by atoms with E-state index < -0.39 is 48.0 Å². The lowest BCUT2D eigenvalue weighted by Gasteiger charge is -2.10. The van der Waals surface area contributed by atoms with Gasteiger partial charge < -0.3 is 15.2 Å². The molecule has 230 valence electrons. The number of Topliss-reactive ketones (excluding diaryl/α,β-unsaturated/α-hetero) is 2. The molecule has 12 heteroatoms. The van der Waals surface area contributed by atoms with Gasteiger partial charge in [0, 0.05) is 23.7 Å². The van der Waals surface area contributed by atoms with Gasteiger partial charge in [-0.2, -0.15) is 4.39 Å². The highest BCUT2D eigenvalue weighted by Crippen LogP contribution is 2.24. The molecule has 0 aliphatic carbocycles. The Morgan fingerprint density at radius 3 is 2.12 bits per heavy atom. The smallest absolute Gasteiger partial charge is 0.290 e. The van der Waals surface area contributed by atoms with Crippen molar-refractivity contribution in [3.05, 3.63) is 71.5 Å². The summed E-state index contributed by atoms with van der Waals surface area (Å²) in [6, 6.07) is 13.4. The van der Waals surface area contributed by atoms with Crippen LogP contribution in [0.1, 0.15) is 50.9 Å². The van der Waals surface area contributed by atoms with Crippen molar-refractivity contribution in [3.8, 4) is 5.75 Å². The fourth-order valence-electron chi connectivity index (χ4n) is 3.05. The third kappa shape index (κ3) is 14.7. The third-order valence-electron chi connectivity index (χ3n) is 4.67. The van der Waals surface area contributed by atoms with E-state index in [1.165, 1.54) is 0 Å². The Hall–Kier alpha value is -3.05. The number of carbonyl (C=O) groups excluding carboxylic acids is 3. The molecule has 0 fully saturated rings. The fraction of sp³-hybridized carbons (Fsp3) is 0.333. The molecule has 42 heavy (non-hydrogen) atoms. The van der Waals surface area contributed by atoms with Crippen LogP contribution in [0, 0.1) is 22.9 Å². The highest BCUT2D eigenvalue weighted by atomic mass is 127. The molecule has 3 aromatic rings. The quantitative estimate of drug-likeness (QED) is 0.0672. The Morgan fingerprint density at radius 1 is 0.976 bits per heavy atom. The zero-order valence-electron chi connectivity index (χ0n) is 24.1. The number of benzene rings is 3. The number of ketones is 2. The van der Waals surface area contributed by atoms with Crippen molar-refractivity contribution in [1.82, 2.24) is 5.32 Å². The minimum atomic E-state index is -1.54. The van der Waals surface area contributed by atoms with Crippen molar-refractivity contribution in [2.75, 3.05) is 18.1 Å². The van der Waals surface area contributed by atoms with E-state index in [1.807, 2.05) is 44.5 Å². The van der Waals surface area contributed by atoms with Gasteiger partial charge in [0.25, 0.3) is 6.47 Å². The maximum absolute atomic E-state index is 13.9. The van der Waals surface area contributed by atoms with Crippen LogP contribution in [0.25, 0.3) is 10.8 Å². The normalized spacial score (nSPS) is 10.0. The second kappa shape index (κ2) is 20.0. The summed E-state index contributed by atoms with van der Waals surface area (Å²) < 4.78 is 45.6. The number of hydrogen-bond donors (Lipinski definition) is 2. The molecule has 3 rings (SSSR count). The van der Waals surface area contributed by atoms with Crippen LogP contribution in [-0.2, 0) is 14.4 Å². The van der Waals surface area contributed by atoms with Crippen molar-refractivity contribution in [3.63, 3.8) is 0 Å². The van der Waals surface area contributed by atoms with E-state index in [-0.39, 0.29) is 30.4 Å². The van der Waals surface area contributed by atoms with Gasteiger partial charge in [-0.25, -0.2) is 8.78 Å². The van der Waals surface area contributed by atoms with Gasteiger partial charge in [0.2, 0.25) is 11.7 Å². The van der Waals surface area contributed by atoms with Gasteiger partial charge in [-0.1, -0.05) is 92.8 Å². The standard InChI is InChI=1S/C23H19F3NO4P.C5H12.CH3I.CH2O2/c24-17-10-19(32)22(26)23(21(17)25)31-12-14(28)11-27-20(30)9-8-18(29)16-7-3-5-13-4-1-2-6-15(13)16;1-5(2,3)4;1-2;2-1-3/h1-7,10H,8-9,11-12,32H2,(H,27,30);1-4H3;1H3;1H,(H,2,3). The number of nitrogens with one attached hydrogen (secondary N) is 1. The average molecular weight is 721 g/mol. The van der Waals surface area contributed by atoms with E-state index in [4.69, 9.17) is 14.6 Å². The molecule has 0 aromatic heterocycles. The summed E-state index contributed by atoms with van der Waals surface area (Å²) in [4.78, 5) is 46.7. The molecule has 1 unspecified atom stereocenters. The molecule has 3 aromatic carbocycles. The van der Waals surface area contributed by atoms with Crippen molar-refractivity contribution < 1.29 is 42.2 Å². The number of carboxylic acid groups (broad SMARTS) is 1. The second-order valence-electron chi connectivity index (χ2n) is 10.1. The van der Waals surface area contributed by atoms with Crippen LogP contribution in [0.4, 0.5) is 13.2 Å². The van der Waals surface area contributed by atoms with E-state index in [1.54, 1.807) is 12.1 Å². The maximum atomic E-state index is 13.9. The summed E-state index contributed by atoms with van der Waals surface area (Å²) in [5.41, 5.74) is 1.01. The number of amides is 1. The van der Waals surface area contributed by atoms with Crippen LogP contribution >= 0.6 is 31.8 Å². The molecule has 0 spiro atoms. The number of halogens is 4. The van der Waals surface area contributed by atoms with E-state index in [0.29, 0.717) is 17.0 Å². The summed E-state index contributed by atoms with van der Waals surface area (Å²) >= 11 is 2.15. The lowest BCUT2D eigenvalue weighted by atomic mass is 9.99. The first-order valence-electron chi connectivity index (χ1n) is 12.5. The second-order valence-corrected chi connectivity index (χ2v) is 10.7. The first kappa shape index (κ1) is 39.0. The van der Waals surface area contributed by atoms with Gasteiger partial charge in [0.05, 0.1) is 6.54 Å². The summed E-state index contributed by atoms with van der Waals surface area (Å²) in [7, 11) is 1.89. The lowest BCUT2D eigenvalue weighted by molar-refractivity contribution is -0.126. The topological polar surface area (TPSA) is 110 Å². The first-order chi connectivity index (χ1) is 19.7. The van der Waals surface area contributed by atoms with Gasteiger partial charge in [-0.3, -0.25) is 19.2 Å². The minimum absolute atomic E-state index is 0.0544. The van der Waals surface area contributed by atoms with Crippen LogP contribution in [0.5, 0.6) is 5.75 Å². The molecule has 0 aliphatic heterocycles. The summed E-state index contributed by atoms with van der Waals surface area (Å²) in [5.74, 6) is -6.44. The monoisotopic (exact) mass is 721 g/mol. The maximum Gasteiger partial charge on any atom is 0.290 e. The number of alkyl halides is 1. The highest BCUT2D eigenvalue weighted by Gasteiger charge is 2.20. The first-order valence-corrected chi connectivity index (χ1v) is 15.2. The SMILES string of the molecule is CC(C)(C)C.CI.O=C(CNC(=O)CCC(=O)c1cccc2ccccc12)COc1c(F)c(F)cc(P)c1F.O=CO. The predicted molar refractivity (Wildman–Crippen MR) is 170 cm³/mol. The highest BCUT2D eigenvalue weighted by molar-refractivity contribution is 14.1. The van der Waals surface area contributed by atoms with Crippen LogP contribution in [-0.4, -0.2) is 47.1 Å². The molecule has 0 radical (unpaired) electrons. The average Bonchev–Trinajstić information content (AvgIpc) is 2.94. The van der Waals surface area contributed by atoms with Gasteiger partial charge in [0.15, 0.2) is 29.0 Å². The van der Waals surface area contributed by atoms with Crippen LogP contribution in [0.15, 0.2) is 48.5 Å². The van der Waals surface area contributed by atoms with Crippen LogP contribution < -0.4 is 15.4 Å². The molecule has 0 saturated heterocycles. The van der Waals surface area contributed by atoms with Crippen LogP contribution in [0.3, 0.4) is 0 Å². The van der Waals surface area contributed by atoms with Gasteiger partial charge in [-0.15, -0.1) is 9.24 Å². The lowest BCUT2D eigenvalue weighted by Crippen LogP contribution is -2.32. The van der Waals surface area contributed by atoms with Gasteiger partial charge in [-0.05, 0) is 27.2 Å². The van der Waals surface area contributed by atoms with E-state index >= 15 is 0 Å². The molecular formula is C30H36F3INO6P. The molecule has 0 aliphatic rings. The van der Waals surface area contributed by atoms with Gasteiger partial charge in [0.1, 0.15) is 6.61 Å². The molecule has 0 heterocycles. The summed E-state index contributed by atoms with van der Waals surface area (Å²) in [6.07, 6.45) is -0.194. The molecule has 0 saturated carbocycles. The number of ether oxygens (including phenoxy) is 1. The Labute approximate surface area is 259 Å². The summed E-state index contributed by atoms with van der Waals surface area (Å²) in [6.45, 7) is 7.27. The fourth-order valence-corrected chi connectivity index (χ4v) is 3.32. The van der Waals surface area contributed by atoms with E-state index in [2.05, 4.69) is 55.6 Å². The van der Waals surface area contributed by atoms with Crippen molar-refractivity contribution in [2.24, 2.45) is 5.41 Å². The zero-order chi connectivity index (χ0) is 32.5. The molecule has 2 N–H and O–H groups in total. The number of carbonyl (C=O) groups is 4. The third-order valence-corrected chi connectivity index (χ3v) is 5.09. The van der Waals surface area contributed by atoms with Crippen LogP contribution in [0.2, 0.25) is 0 Å². The molecule has 0 bridgehead atoms. The Balaban J connectivity index is 0.00000147. The van der Waals surface area contributed by atoms with Crippen molar-refractivity contribution in [2.45, 2.75) is 40.5 Å².